The predicted octanol–water partition coefficient (Wildman–Crippen LogP) is 3.01. The summed E-state index contributed by atoms with van der Waals surface area (Å²) in [6.45, 7) is 8.53. The molecule has 0 spiro atoms. The number of aryl methyl sites for hydroxylation is 1. The van der Waals surface area contributed by atoms with Crippen LogP contribution in [-0.4, -0.2) is 18.1 Å². The van der Waals surface area contributed by atoms with Crippen molar-refractivity contribution in [3.63, 3.8) is 0 Å². The van der Waals surface area contributed by atoms with E-state index >= 15 is 0 Å². The lowest BCUT2D eigenvalue weighted by Gasteiger charge is -2.18. The highest BCUT2D eigenvalue weighted by molar-refractivity contribution is 5.41. The van der Waals surface area contributed by atoms with Crippen LogP contribution in [0.4, 0.5) is 0 Å². The molecule has 0 aromatic carbocycles. The lowest BCUT2D eigenvalue weighted by molar-refractivity contribution is 0.405. The molecule has 0 aliphatic carbocycles. The lowest BCUT2D eigenvalue weighted by Crippen LogP contribution is -2.26. The SMILES string of the molecule is CCC(C)CC(N)Cc1ncc(C)c(OC)c1C. The molecule has 0 fully saturated rings. The van der Waals surface area contributed by atoms with E-state index in [2.05, 4.69) is 25.8 Å². The summed E-state index contributed by atoms with van der Waals surface area (Å²) in [6, 6.07) is 0.179. The van der Waals surface area contributed by atoms with Gasteiger partial charge in [-0.2, -0.15) is 0 Å². The third-order valence-electron chi connectivity index (χ3n) is 3.61. The topological polar surface area (TPSA) is 48.1 Å². The Hall–Kier alpha value is -1.09. The molecule has 0 amide bonds. The Balaban J connectivity index is 2.79. The summed E-state index contributed by atoms with van der Waals surface area (Å²) in [5, 5.41) is 0. The number of methoxy groups -OCH3 is 1. The molecule has 1 aromatic heterocycles. The van der Waals surface area contributed by atoms with E-state index in [-0.39, 0.29) is 6.04 Å². The first-order valence-corrected chi connectivity index (χ1v) is 6.74. The van der Waals surface area contributed by atoms with Crippen molar-refractivity contribution < 1.29 is 4.74 Å². The van der Waals surface area contributed by atoms with Gasteiger partial charge in [0.1, 0.15) is 5.75 Å². The highest BCUT2D eigenvalue weighted by atomic mass is 16.5. The molecule has 102 valence electrons. The van der Waals surface area contributed by atoms with Gasteiger partial charge in [0.15, 0.2) is 0 Å². The molecule has 0 bridgehead atoms. The second-order valence-electron chi connectivity index (χ2n) is 5.26. The van der Waals surface area contributed by atoms with E-state index in [1.807, 2.05) is 13.1 Å². The fraction of sp³-hybridized carbons (Fsp3) is 0.667. The van der Waals surface area contributed by atoms with Gasteiger partial charge in [0.05, 0.1) is 7.11 Å². The largest absolute Gasteiger partial charge is 0.496 e. The van der Waals surface area contributed by atoms with Gasteiger partial charge >= 0.3 is 0 Å². The molecular weight excluding hydrogens is 224 g/mol. The van der Waals surface area contributed by atoms with Crippen molar-refractivity contribution >= 4 is 0 Å². The Labute approximate surface area is 111 Å². The molecule has 2 N–H and O–H groups in total. The van der Waals surface area contributed by atoms with E-state index in [1.165, 1.54) is 6.42 Å². The molecule has 0 aliphatic heterocycles. The van der Waals surface area contributed by atoms with E-state index in [0.717, 1.165) is 35.4 Å². The average molecular weight is 250 g/mol. The van der Waals surface area contributed by atoms with Gasteiger partial charge in [-0.1, -0.05) is 20.3 Å². The van der Waals surface area contributed by atoms with Gasteiger partial charge in [-0.25, -0.2) is 0 Å². The maximum Gasteiger partial charge on any atom is 0.128 e. The van der Waals surface area contributed by atoms with Crippen LogP contribution in [0.5, 0.6) is 5.75 Å². The number of ether oxygens (including phenoxy) is 1. The second-order valence-corrected chi connectivity index (χ2v) is 5.26. The summed E-state index contributed by atoms with van der Waals surface area (Å²) >= 11 is 0. The van der Waals surface area contributed by atoms with Gasteiger partial charge in [-0.05, 0) is 26.2 Å². The van der Waals surface area contributed by atoms with Gasteiger partial charge in [-0.3, -0.25) is 4.98 Å². The zero-order valence-electron chi connectivity index (χ0n) is 12.3. The standard InChI is InChI=1S/C15H26N2O/c1-6-10(2)7-13(16)8-14-12(4)15(18-5)11(3)9-17-14/h9-10,13H,6-8,16H2,1-5H3. The van der Waals surface area contributed by atoms with Crippen LogP contribution in [0.25, 0.3) is 0 Å². The molecule has 0 aliphatic rings. The van der Waals surface area contributed by atoms with Crippen molar-refractivity contribution in [3.8, 4) is 5.75 Å². The first kappa shape index (κ1) is 15.0. The van der Waals surface area contributed by atoms with Gasteiger partial charge in [0, 0.05) is 35.5 Å². The number of hydrogen-bond acceptors (Lipinski definition) is 3. The zero-order chi connectivity index (χ0) is 13.7. The Kier molecular flexibility index (Phi) is 5.60. The van der Waals surface area contributed by atoms with Crippen LogP contribution in [0.1, 0.15) is 43.5 Å². The van der Waals surface area contributed by atoms with Crippen LogP contribution in [0, 0.1) is 19.8 Å². The molecule has 2 unspecified atom stereocenters. The minimum atomic E-state index is 0.179. The van der Waals surface area contributed by atoms with Crippen molar-refractivity contribution in [1.29, 1.82) is 0 Å². The highest BCUT2D eigenvalue weighted by Crippen LogP contribution is 2.25. The monoisotopic (exact) mass is 250 g/mol. The molecule has 0 saturated carbocycles. The lowest BCUT2D eigenvalue weighted by atomic mass is 9.95. The van der Waals surface area contributed by atoms with Crippen LogP contribution in [0.3, 0.4) is 0 Å². The van der Waals surface area contributed by atoms with E-state index in [1.54, 1.807) is 7.11 Å². The Morgan fingerprint density at radius 3 is 2.61 bits per heavy atom. The van der Waals surface area contributed by atoms with Gasteiger partial charge < -0.3 is 10.5 Å². The second kappa shape index (κ2) is 6.74. The summed E-state index contributed by atoms with van der Waals surface area (Å²) in [6.07, 6.45) is 4.93. The Morgan fingerprint density at radius 2 is 2.06 bits per heavy atom. The highest BCUT2D eigenvalue weighted by Gasteiger charge is 2.14. The molecular formula is C15H26N2O. The van der Waals surface area contributed by atoms with E-state index in [4.69, 9.17) is 10.5 Å². The van der Waals surface area contributed by atoms with Crippen molar-refractivity contribution in [1.82, 2.24) is 4.98 Å². The molecule has 18 heavy (non-hydrogen) atoms. The molecule has 2 atom stereocenters. The number of nitrogens with two attached hydrogens (primary N) is 1. The first-order chi connectivity index (χ1) is 8.49. The molecule has 1 heterocycles. The number of pyridine rings is 1. The van der Waals surface area contributed by atoms with E-state index in [9.17, 15) is 0 Å². The number of hydrogen-bond donors (Lipinski definition) is 1. The van der Waals surface area contributed by atoms with Crippen molar-refractivity contribution in [2.75, 3.05) is 7.11 Å². The summed E-state index contributed by atoms with van der Waals surface area (Å²) in [4.78, 5) is 4.50. The zero-order valence-corrected chi connectivity index (χ0v) is 12.3. The normalized spacial score (nSPS) is 14.3. The third kappa shape index (κ3) is 3.70. The minimum absolute atomic E-state index is 0.179. The quantitative estimate of drug-likeness (QED) is 0.844. The molecule has 1 aromatic rings. The Bertz CT molecular complexity index is 390. The summed E-state index contributed by atoms with van der Waals surface area (Å²) < 4.78 is 5.42. The third-order valence-corrected chi connectivity index (χ3v) is 3.61. The predicted molar refractivity (Wildman–Crippen MR) is 76.0 cm³/mol. The minimum Gasteiger partial charge on any atom is -0.496 e. The fourth-order valence-corrected chi connectivity index (χ4v) is 2.29. The van der Waals surface area contributed by atoms with E-state index in [0.29, 0.717) is 5.92 Å². The molecule has 0 saturated heterocycles. The first-order valence-electron chi connectivity index (χ1n) is 6.74. The summed E-state index contributed by atoms with van der Waals surface area (Å²) in [5.74, 6) is 1.61. The summed E-state index contributed by atoms with van der Waals surface area (Å²) in [7, 11) is 1.71. The van der Waals surface area contributed by atoms with Crippen LogP contribution in [-0.2, 0) is 6.42 Å². The maximum atomic E-state index is 6.20. The number of rotatable bonds is 6. The summed E-state index contributed by atoms with van der Waals surface area (Å²) in [5.41, 5.74) is 9.46. The number of nitrogens with zero attached hydrogens (tertiary/aromatic N) is 1. The van der Waals surface area contributed by atoms with Gasteiger partial charge in [0.25, 0.3) is 0 Å². The van der Waals surface area contributed by atoms with Crippen LogP contribution in [0.15, 0.2) is 6.20 Å². The van der Waals surface area contributed by atoms with Crippen molar-refractivity contribution in [2.24, 2.45) is 11.7 Å². The number of aromatic nitrogens is 1. The van der Waals surface area contributed by atoms with Crippen molar-refractivity contribution in [2.45, 2.75) is 53.0 Å². The van der Waals surface area contributed by atoms with Gasteiger partial charge in [0.2, 0.25) is 0 Å². The van der Waals surface area contributed by atoms with Gasteiger partial charge in [-0.15, -0.1) is 0 Å². The maximum absolute atomic E-state index is 6.20. The Morgan fingerprint density at radius 1 is 1.39 bits per heavy atom. The van der Waals surface area contributed by atoms with Crippen LogP contribution >= 0.6 is 0 Å². The average Bonchev–Trinajstić information content (AvgIpc) is 2.33. The van der Waals surface area contributed by atoms with Crippen LogP contribution < -0.4 is 10.5 Å². The van der Waals surface area contributed by atoms with Crippen LogP contribution in [0.2, 0.25) is 0 Å². The molecule has 0 radical (unpaired) electrons. The van der Waals surface area contributed by atoms with Crippen molar-refractivity contribution in [3.05, 3.63) is 23.0 Å². The molecule has 1 rings (SSSR count). The molecule has 3 nitrogen and oxygen atoms in total. The smallest absolute Gasteiger partial charge is 0.128 e. The van der Waals surface area contributed by atoms with E-state index < -0.39 is 0 Å². The molecule has 3 heteroatoms. The fourth-order valence-electron chi connectivity index (χ4n) is 2.29.